The summed E-state index contributed by atoms with van der Waals surface area (Å²) in [5.74, 6) is -0.474. The summed E-state index contributed by atoms with van der Waals surface area (Å²) >= 11 is 0. The molecule has 0 aliphatic carbocycles. The fourth-order valence-corrected chi connectivity index (χ4v) is 2.45. The molecule has 2 aromatic rings. The molecule has 0 fully saturated rings. The van der Waals surface area contributed by atoms with Gasteiger partial charge >= 0.3 is 0 Å². The van der Waals surface area contributed by atoms with E-state index in [2.05, 4.69) is 27.0 Å². The van der Waals surface area contributed by atoms with Crippen molar-refractivity contribution >= 4 is 5.91 Å². The van der Waals surface area contributed by atoms with Crippen LogP contribution in [0.2, 0.25) is 0 Å². The minimum absolute atomic E-state index is 0.102. The van der Waals surface area contributed by atoms with Crippen molar-refractivity contribution in [2.75, 3.05) is 6.54 Å². The number of carbonyl (C=O) groups is 1. The molecule has 0 saturated carbocycles. The van der Waals surface area contributed by atoms with E-state index in [1.165, 1.54) is 5.56 Å². The van der Waals surface area contributed by atoms with Gasteiger partial charge in [0, 0.05) is 25.8 Å². The topological polar surface area (TPSA) is 72.1 Å². The van der Waals surface area contributed by atoms with Gasteiger partial charge in [-0.05, 0) is 17.5 Å². The fourth-order valence-electron chi connectivity index (χ4n) is 2.45. The zero-order valence-electron chi connectivity index (χ0n) is 11.1. The summed E-state index contributed by atoms with van der Waals surface area (Å²) in [6.07, 6.45) is 2.63. The second kappa shape index (κ2) is 5.38. The molecule has 1 aliphatic heterocycles. The molecule has 5 nitrogen and oxygen atoms in total. The molecular formula is C15H16N4O. The predicted octanol–water partition coefficient (Wildman–Crippen LogP) is 1.13. The molecule has 0 spiro atoms. The lowest BCUT2D eigenvalue weighted by molar-refractivity contribution is 0.0989. The number of aromatic nitrogens is 2. The van der Waals surface area contributed by atoms with E-state index in [1.54, 1.807) is 6.20 Å². The maximum Gasteiger partial charge on any atom is 0.286 e. The smallest absolute Gasteiger partial charge is 0.286 e. The van der Waals surface area contributed by atoms with Gasteiger partial charge in [-0.25, -0.2) is 9.97 Å². The van der Waals surface area contributed by atoms with Crippen molar-refractivity contribution < 1.29 is 4.79 Å². The van der Waals surface area contributed by atoms with E-state index in [4.69, 9.17) is 5.73 Å². The van der Waals surface area contributed by atoms with Crippen LogP contribution in [0.3, 0.4) is 0 Å². The monoisotopic (exact) mass is 268 g/mol. The Bertz CT molecular complexity index is 627. The van der Waals surface area contributed by atoms with E-state index in [-0.39, 0.29) is 5.82 Å². The van der Waals surface area contributed by atoms with Gasteiger partial charge in [0.1, 0.15) is 0 Å². The molecule has 5 heteroatoms. The number of fused-ring (bicyclic) bond motifs is 1. The lowest BCUT2D eigenvalue weighted by atomic mass is 10.1. The number of carbonyl (C=O) groups excluding carboxylic acids is 1. The number of nitrogens with zero attached hydrogens (tertiary/aromatic N) is 3. The number of rotatable bonds is 3. The van der Waals surface area contributed by atoms with Gasteiger partial charge in [-0.1, -0.05) is 30.3 Å². The third-order valence-electron chi connectivity index (χ3n) is 3.49. The minimum atomic E-state index is -0.576. The lowest BCUT2D eigenvalue weighted by Crippen LogP contribution is -2.32. The Labute approximate surface area is 117 Å². The minimum Gasteiger partial charge on any atom is -0.363 e. The van der Waals surface area contributed by atoms with Crippen molar-refractivity contribution in [3.63, 3.8) is 0 Å². The highest BCUT2D eigenvalue weighted by atomic mass is 16.1. The number of nitrogens with two attached hydrogens (primary N) is 1. The zero-order chi connectivity index (χ0) is 13.9. The number of primary amides is 1. The van der Waals surface area contributed by atoms with Gasteiger partial charge in [-0.2, -0.15) is 0 Å². The molecule has 1 aromatic heterocycles. The van der Waals surface area contributed by atoms with Gasteiger partial charge in [0.15, 0.2) is 0 Å². The highest BCUT2D eigenvalue weighted by Crippen LogP contribution is 2.18. The molecule has 1 aromatic carbocycles. The molecular weight excluding hydrogens is 252 g/mol. The Morgan fingerprint density at radius 3 is 2.85 bits per heavy atom. The molecule has 0 saturated heterocycles. The Balaban J connectivity index is 1.77. The van der Waals surface area contributed by atoms with Crippen molar-refractivity contribution in [2.45, 2.75) is 19.5 Å². The largest absolute Gasteiger partial charge is 0.363 e. The molecule has 1 aliphatic rings. The molecule has 3 rings (SSSR count). The molecule has 20 heavy (non-hydrogen) atoms. The van der Waals surface area contributed by atoms with Gasteiger partial charge in [-0.15, -0.1) is 0 Å². The number of amides is 1. The first kappa shape index (κ1) is 12.7. The van der Waals surface area contributed by atoms with Gasteiger partial charge in [-0.3, -0.25) is 9.69 Å². The average Bonchev–Trinajstić information content (AvgIpc) is 2.47. The lowest BCUT2D eigenvalue weighted by Gasteiger charge is -2.27. The van der Waals surface area contributed by atoms with Crippen LogP contribution in [0.1, 0.15) is 27.4 Å². The van der Waals surface area contributed by atoms with E-state index >= 15 is 0 Å². The van der Waals surface area contributed by atoms with Gasteiger partial charge in [0.2, 0.25) is 5.82 Å². The molecule has 0 bridgehead atoms. The predicted molar refractivity (Wildman–Crippen MR) is 74.8 cm³/mol. The van der Waals surface area contributed by atoms with E-state index in [0.29, 0.717) is 0 Å². The van der Waals surface area contributed by atoms with Crippen molar-refractivity contribution in [2.24, 2.45) is 5.73 Å². The Kier molecular flexibility index (Phi) is 3.43. The summed E-state index contributed by atoms with van der Waals surface area (Å²) in [6, 6.07) is 10.3. The first-order chi connectivity index (χ1) is 9.72. The zero-order valence-corrected chi connectivity index (χ0v) is 11.1. The van der Waals surface area contributed by atoms with E-state index < -0.39 is 5.91 Å². The second-order valence-electron chi connectivity index (χ2n) is 4.98. The summed E-state index contributed by atoms with van der Waals surface area (Å²) < 4.78 is 0. The van der Waals surface area contributed by atoms with Crippen LogP contribution in [0.25, 0.3) is 0 Å². The van der Waals surface area contributed by atoms with Crippen molar-refractivity contribution in [1.29, 1.82) is 0 Å². The molecule has 102 valence electrons. The Morgan fingerprint density at radius 1 is 1.30 bits per heavy atom. The summed E-state index contributed by atoms with van der Waals surface area (Å²) in [6.45, 7) is 2.59. The first-order valence-corrected chi connectivity index (χ1v) is 6.63. The number of hydrogen-bond donors (Lipinski definition) is 1. The van der Waals surface area contributed by atoms with Crippen LogP contribution < -0.4 is 5.73 Å². The van der Waals surface area contributed by atoms with Crippen LogP contribution in [0.4, 0.5) is 0 Å². The van der Waals surface area contributed by atoms with E-state index in [0.717, 1.165) is 37.3 Å². The molecule has 2 N–H and O–H groups in total. The van der Waals surface area contributed by atoms with Crippen LogP contribution in [-0.2, 0) is 19.5 Å². The number of hydrogen-bond acceptors (Lipinski definition) is 4. The Morgan fingerprint density at radius 2 is 2.10 bits per heavy atom. The van der Waals surface area contributed by atoms with Gasteiger partial charge in [0.05, 0.1) is 5.69 Å². The highest BCUT2D eigenvalue weighted by molar-refractivity contribution is 5.88. The fraction of sp³-hybridized carbons (Fsp3) is 0.267. The second-order valence-corrected chi connectivity index (χ2v) is 4.98. The third-order valence-corrected chi connectivity index (χ3v) is 3.49. The molecule has 1 amide bonds. The molecule has 0 radical (unpaired) electrons. The van der Waals surface area contributed by atoms with E-state index in [1.807, 2.05) is 18.2 Å². The number of benzene rings is 1. The molecule has 0 atom stereocenters. The SMILES string of the molecule is NC(=O)c1ncc2c(n1)CN(Cc1ccccc1)CC2. The van der Waals surface area contributed by atoms with Crippen LogP contribution in [-0.4, -0.2) is 27.3 Å². The highest BCUT2D eigenvalue weighted by Gasteiger charge is 2.19. The first-order valence-electron chi connectivity index (χ1n) is 6.63. The standard InChI is InChI=1S/C15H16N4O/c16-14(20)15-17-8-12-6-7-19(10-13(12)18-15)9-11-4-2-1-3-5-11/h1-5,8H,6-7,9-10H2,(H2,16,20). The Hall–Kier alpha value is -2.27. The van der Waals surface area contributed by atoms with Crippen molar-refractivity contribution in [3.8, 4) is 0 Å². The van der Waals surface area contributed by atoms with Crippen LogP contribution in [0.15, 0.2) is 36.5 Å². The summed E-state index contributed by atoms with van der Waals surface area (Å²) in [5, 5.41) is 0. The summed E-state index contributed by atoms with van der Waals surface area (Å²) in [5.41, 5.74) is 8.53. The maximum absolute atomic E-state index is 11.1. The third kappa shape index (κ3) is 2.67. The van der Waals surface area contributed by atoms with Crippen molar-refractivity contribution in [1.82, 2.24) is 14.9 Å². The summed E-state index contributed by atoms with van der Waals surface area (Å²) in [7, 11) is 0. The molecule has 0 unspecified atom stereocenters. The van der Waals surface area contributed by atoms with Crippen LogP contribution in [0, 0.1) is 0 Å². The van der Waals surface area contributed by atoms with Crippen LogP contribution >= 0.6 is 0 Å². The average molecular weight is 268 g/mol. The summed E-state index contributed by atoms with van der Waals surface area (Å²) in [4.78, 5) is 21.7. The molecule has 2 heterocycles. The van der Waals surface area contributed by atoms with Gasteiger partial charge < -0.3 is 5.73 Å². The van der Waals surface area contributed by atoms with Gasteiger partial charge in [0.25, 0.3) is 5.91 Å². The normalized spacial score (nSPS) is 14.8. The van der Waals surface area contributed by atoms with Crippen molar-refractivity contribution in [3.05, 3.63) is 59.2 Å². The quantitative estimate of drug-likeness (QED) is 0.906. The van der Waals surface area contributed by atoms with Crippen LogP contribution in [0.5, 0.6) is 0 Å². The van der Waals surface area contributed by atoms with E-state index in [9.17, 15) is 4.79 Å². The maximum atomic E-state index is 11.1.